The molecule has 1 fully saturated rings. The van der Waals surface area contributed by atoms with Gasteiger partial charge in [-0.25, -0.2) is 14.7 Å². The minimum atomic E-state index is -0.459. The molecule has 2 aromatic heterocycles. The number of nitrogens with zero attached hydrogens (tertiary/aromatic N) is 5. The Morgan fingerprint density at radius 2 is 1.91 bits per heavy atom. The zero-order valence-corrected chi connectivity index (χ0v) is 20.5. The van der Waals surface area contributed by atoms with Crippen LogP contribution in [-0.2, 0) is 9.59 Å². The van der Waals surface area contributed by atoms with Gasteiger partial charge < -0.3 is 10.2 Å². The molecule has 2 aliphatic heterocycles. The number of nitrogens with one attached hydrogen (secondary N) is 1. The van der Waals surface area contributed by atoms with Crippen molar-refractivity contribution in [3.63, 3.8) is 0 Å². The molecule has 34 heavy (non-hydrogen) atoms. The van der Waals surface area contributed by atoms with Crippen LogP contribution >= 0.6 is 0 Å². The molecule has 1 N–H and O–H groups in total. The lowest BCUT2D eigenvalue weighted by molar-refractivity contribution is -0.129. The van der Waals surface area contributed by atoms with Crippen molar-refractivity contribution >= 4 is 34.5 Å². The standard InChI is InChI=1S/C25H32N6O3/c1-14(2)31-23-21(13-27-31)19(11-22(29-23)18-6-8-30(9-7-18)17(5)32)24(33)26-12-20-15(3)10-16(4)28-25(20)34/h10-11,13-14,18,20H,6-9,12H2,1-5H3,(H,26,33). The van der Waals surface area contributed by atoms with Crippen LogP contribution in [0.4, 0.5) is 0 Å². The molecule has 9 nitrogen and oxygen atoms in total. The second-order valence-corrected chi connectivity index (χ2v) is 9.54. The summed E-state index contributed by atoms with van der Waals surface area (Å²) in [6.45, 7) is 10.9. The molecule has 0 radical (unpaired) electrons. The number of fused-ring (bicyclic) bond motifs is 1. The lowest BCUT2D eigenvalue weighted by Gasteiger charge is -2.31. The Labute approximate surface area is 199 Å². The second-order valence-electron chi connectivity index (χ2n) is 9.54. The van der Waals surface area contributed by atoms with E-state index in [0.29, 0.717) is 35.4 Å². The van der Waals surface area contributed by atoms with Crippen molar-refractivity contribution in [2.45, 2.75) is 59.4 Å². The average Bonchev–Trinajstić information content (AvgIpc) is 3.22. The van der Waals surface area contributed by atoms with Crippen LogP contribution in [0.2, 0.25) is 0 Å². The predicted molar refractivity (Wildman–Crippen MR) is 130 cm³/mol. The monoisotopic (exact) mass is 464 g/mol. The lowest BCUT2D eigenvalue weighted by atomic mass is 9.91. The van der Waals surface area contributed by atoms with Gasteiger partial charge in [0.15, 0.2) is 5.65 Å². The summed E-state index contributed by atoms with van der Waals surface area (Å²) in [5.41, 5.74) is 3.60. The Hall–Kier alpha value is -3.36. The number of carbonyl (C=O) groups excluding carboxylic acids is 3. The van der Waals surface area contributed by atoms with E-state index in [0.717, 1.165) is 24.1 Å². The Morgan fingerprint density at radius 3 is 2.53 bits per heavy atom. The van der Waals surface area contributed by atoms with E-state index in [1.165, 1.54) is 0 Å². The third-order valence-corrected chi connectivity index (χ3v) is 6.72. The SMILES string of the molecule is CC(=O)N1CCC(c2cc(C(=O)NCC3C(=O)N=C(C)C=C3C)c3cnn(C(C)C)c3n2)CC1. The molecule has 9 heteroatoms. The maximum atomic E-state index is 13.3. The minimum absolute atomic E-state index is 0.0842. The molecule has 2 aromatic rings. The number of rotatable bonds is 5. The third-order valence-electron chi connectivity index (χ3n) is 6.72. The third kappa shape index (κ3) is 4.64. The van der Waals surface area contributed by atoms with Gasteiger partial charge in [-0.05, 0) is 52.7 Å². The van der Waals surface area contributed by atoms with Gasteiger partial charge in [-0.1, -0.05) is 5.57 Å². The van der Waals surface area contributed by atoms with Crippen molar-refractivity contribution in [2.24, 2.45) is 10.9 Å². The Morgan fingerprint density at radius 1 is 1.21 bits per heavy atom. The first-order chi connectivity index (χ1) is 16.2. The van der Waals surface area contributed by atoms with Crippen molar-refractivity contribution in [2.75, 3.05) is 19.6 Å². The van der Waals surface area contributed by atoms with Gasteiger partial charge in [-0.15, -0.1) is 0 Å². The zero-order valence-electron chi connectivity index (χ0n) is 20.5. The van der Waals surface area contributed by atoms with E-state index in [9.17, 15) is 14.4 Å². The zero-order chi connectivity index (χ0) is 24.6. The summed E-state index contributed by atoms with van der Waals surface area (Å²) in [5.74, 6) is -0.711. The van der Waals surface area contributed by atoms with Gasteiger partial charge in [0.05, 0.1) is 23.1 Å². The van der Waals surface area contributed by atoms with Gasteiger partial charge in [0.25, 0.3) is 11.8 Å². The summed E-state index contributed by atoms with van der Waals surface area (Å²) >= 11 is 0. The molecule has 4 rings (SSSR count). The van der Waals surface area contributed by atoms with Crippen molar-refractivity contribution in [3.8, 4) is 0 Å². The predicted octanol–water partition coefficient (Wildman–Crippen LogP) is 3.03. The van der Waals surface area contributed by atoms with Gasteiger partial charge in [-0.3, -0.25) is 14.4 Å². The largest absolute Gasteiger partial charge is 0.351 e. The highest BCUT2D eigenvalue weighted by molar-refractivity contribution is 6.07. The average molecular weight is 465 g/mol. The van der Waals surface area contributed by atoms with Crippen molar-refractivity contribution in [1.82, 2.24) is 25.0 Å². The van der Waals surface area contributed by atoms with Crippen LogP contribution < -0.4 is 5.32 Å². The normalized spacial score (nSPS) is 19.4. The smallest absolute Gasteiger partial charge is 0.254 e. The molecule has 0 aliphatic carbocycles. The van der Waals surface area contributed by atoms with Gasteiger partial charge in [0.1, 0.15) is 0 Å². The quantitative estimate of drug-likeness (QED) is 0.731. The summed E-state index contributed by atoms with van der Waals surface area (Å²) in [6.07, 6.45) is 5.16. The molecule has 4 heterocycles. The van der Waals surface area contributed by atoms with Crippen LogP contribution in [0.3, 0.4) is 0 Å². The van der Waals surface area contributed by atoms with E-state index in [2.05, 4.69) is 15.4 Å². The highest BCUT2D eigenvalue weighted by Gasteiger charge is 2.28. The van der Waals surface area contributed by atoms with Gasteiger partial charge in [0, 0.05) is 49.9 Å². The molecule has 1 atom stereocenters. The molecular weight excluding hydrogens is 432 g/mol. The fourth-order valence-corrected chi connectivity index (χ4v) is 4.75. The molecule has 2 aliphatic rings. The fourth-order valence-electron chi connectivity index (χ4n) is 4.75. The molecule has 3 amide bonds. The maximum absolute atomic E-state index is 13.3. The topological polar surface area (TPSA) is 110 Å². The number of pyridine rings is 1. The number of dihydropyridines is 1. The van der Waals surface area contributed by atoms with Crippen molar-refractivity contribution < 1.29 is 14.4 Å². The van der Waals surface area contributed by atoms with Crippen molar-refractivity contribution in [1.29, 1.82) is 0 Å². The number of hydrogen-bond acceptors (Lipinski definition) is 5. The van der Waals surface area contributed by atoms with E-state index in [1.807, 2.05) is 42.5 Å². The van der Waals surface area contributed by atoms with Crippen LogP contribution in [0.15, 0.2) is 28.9 Å². The number of likely N-dealkylation sites (tertiary alicyclic amines) is 1. The molecular formula is C25H32N6O3. The summed E-state index contributed by atoms with van der Waals surface area (Å²) < 4.78 is 1.83. The Kier molecular flexibility index (Phi) is 6.63. The summed E-state index contributed by atoms with van der Waals surface area (Å²) in [5, 5.41) is 8.11. The Bertz CT molecular complexity index is 1200. The van der Waals surface area contributed by atoms with Crippen LogP contribution in [0.25, 0.3) is 11.0 Å². The number of allylic oxidation sites excluding steroid dienone is 1. The Balaban J connectivity index is 1.62. The number of carbonyl (C=O) groups is 3. The highest BCUT2D eigenvalue weighted by Crippen LogP contribution is 2.31. The maximum Gasteiger partial charge on any atom is 0.254 e. The number of piperidine rings is 1. The van der Waals surface area contributed by atoms with Gasteiger partial charge >= 0.3 is 0 Å². The second kappa shape index (κ2) is 9.48. The molecule has 180 valence electrons. The highest BCUT2D eigenvalue weighted by atomic mass is 16.2. The molecule has 1 unspecified atom stereocenters. The van der Waals surface area contributed by atoms with Crippen LogP contribution in [0, 0.1) is 5.92 Å². The minimum Gasteiger partial charge on any atom is -0.351 e. The van der Waals surface area contributed by atoms with Crippen molar-refractivity contribution in [3.05, 3.63) is 35.2 Å². The first-order valence-corrected chi connectivity index (χ1v) is 11.8. The van der Waals surface area contributed by atoms with E-state index >= 15 is 0 Å². The summed E-state index contributed by atoms with van der Waals surface area (Å²) in [7, 11) is 0. The van der Waals surface area contributed by atoms with Gasteiger partial charge in [0.2, 0.25) is 5.91 Å². The van der Waals surface area contributed by atoms with Gasteiger partial charge in [-0.2, -0.15) is 5.10 Å². The first-order valence-electron chi connectivity index (χ1n) is 11.8. The van der Waals surface area contributed by atoms with E-state index in [4.69, 9.17) is 4.98 Å². The molecule has 1 saturated heterocycles. The lowest BCUT2D eigenvalue weighted by Crippen LogP contribution is -2.36. The summed E-state index contributed by atoms with van der Waals surface area (Å²) in [4.78, 5) is 48.2. The number of aliphatic imine (C=N–C) groups is 1. The van der Waals surface area contributed by atoms with Crippen LogP contribution in [0.5, 0.6) is 0 Å². The first kappa shape index (κ1) is 23.8. The van der Waals surface area contributed by atoms with Crippen LogP contribution in [-0.4, -0.2) is 62.7 Å². The molecule has 0 saturated carbocycles. The van der Waals surface area contributed by atoms with E-state index < -0.39 is 5.92 Å². The van der Waals surface area contributed by atoms with Crippen LogP contribution in [0.1, 0.15) is 75.5 Å². The number of aromatic nitrogens is 3. The fraction of sp³-hybridized carbons (Fsp3) is 0.520. The molecule has 0 spiro atoms. The molecule has 0 bridgehead atoms. The number of hydrogen-bond donors (Lipinski definition) is 1. The van der Waals surface area contributed by atoms with E-state index in [-0.39, 0.29) is 36.2 Å². The molecule has 0 aromatic carbocycles. The van der Waals surface area contributed by atoms with E-state index in [1.54, 1.807) is 20.0 Å². The summed E-state index contributed by atoms with van der Waals surface area (Å²) in [6, 6.07) is 1.94. The number of amides is 3.